The van der Waals surface area contributed by atoms with Gasteiger partial charge in [0.15, 0.2) is 6.61 Å². The van der Waals surface area contributed by atoms with E-state index in [-0.39, 0.29) is 37.2 Å². The fraction of sp³-hybridized carbons (Fsp3) is 0.333. The monoisotopic (exact) mass is 581 g/mol. The third-order valence-corrected chi connectivity index (χ3v) is 10.3. The molecule has 2 heterocycles. The highest BCUT2D eigenvalue weighted by atomic mass is 35.5. The molecule has 3 aromatic rings. The Morgan fingerprint density at radius 2 is 1.33 bits per heavy atom. The third-order valence-electron chi connectivity index (χ3n) is 8.10. The summed E-state index contributed by atoms with van der Waals surface area (Å²) in [4.78, 5) is 51.1. The molecule has 0 radical (unpaired) electrons. The zero-order valence-electron chi connectivity index (χ0n) is 20.9. The highest BCUT2D eigenvalue weighted by Gasteiger charge is 2.72. The molecule has 0 saturated carbocycles. The van der Waals surface area contributed by atoms with E-state index in [1.54, 1.807) is 17.5 Å². The van der Waals surface area contributed by atoms with E-state index in [0.29, 0.717) is 24.1 Å². The van der Waals surface area contributed by atoms with Crippen LogP contribution in [0.15, 0.2) is 66.0 Å². The molecule has 200 valence electrons. The maximum atomic E-state index is 13.8. The first-order valence-corrected chi connectivity index (χ1v) is 14.6. The van der Waals surface area contributed by atoms with Crippen molar-refractivity contribution in [2.45, 2.75) is 35.4 Å². The Kier molecular flexibility index (Phi) is 6.64. The summed E-state index contributed by atoms with van der Waals surface area (Å²) in [6, 6.07) is 18.6. The fourth-order valence-electron chi connectivity index (χ4n) is 6.39. The summed E-state index contributed by atoms with van der Waals surface area (Å²) in [5.41, 5.74) is 3.11. The number of hydrogen-bond donors (Lipinski definition) is 0. The second kappa shape index (κ2) is 9.88. The minimum atomic E-state index is -1.18. The zero-order chi connectivity index (χ0) is 27.4. The van der Waals surface area contributed by atoms with E-state index in [9.17, 15) is 19.2 Å². The first-order chi connectivity index (χ1) is 18.8. The molecule has 3 aliphatic carbocycles. The number of halogens is 2. The van der Waals surface area contributed by atoms with Gasteiger partial charge in [-0.1, -0.05) is 61.0 Å². The number of rotatable bonds is 9. The molecule has 1 aromatic heterocycles. The lowest BCUT2D eigenvalue weighted by molar-refractivity contribution is -0.143. The standard InChI is InChI=1S/C30H25Cl2NO5S/c31-29-18-9-3-4-10-19(18)30(32,21-12-6-5-11-20(21)29)26-25(29)27(36)33(28(26)37)15-7-1-2-14-24(35)38-17-22(34)23-13-8-16-39-23/h3-6,8-13,16,25-26H,1-2,7,14-15,17H2/t25-,26-,29?,30?/m0/s1. The summed E-state index contributed by atoms with van der Waals surface area (Å²) in [6.07, 6.45) is 1.82. The second-order valence-corrected chi connectivity index (χ2v) is 12.3. The number of thiophene rings is 1. The van der Waals surface area contributed by atoms with Crippen LogP contribution in [0, 0.1) is 11.8 Å². The van der Waals surface area contributed by atoms with Crippen LogP contribution in [0.3, 0.4) is 0 Å². The van der Waals surface area contributed by atoms with E-state index in [1.165, 1.54) is 16.2 Å². The first-order valence-electron chi connectivity index (χ1n) is 12.9. The Morgan fingerprint density at radius 3 is 1.82 bits per heavy atom. The van der Waals surface area contributed by atoms with E-state index >= 15 is 0 Å². The molecular weight excluding hydrogens is 557 g/mol. The predicted molar refractivity (Wildman–Crippen MR) is 148 cm³/mol. The summed E-state index contributed by atoms with van der Waals surface area (Å²) in [5, 5.41) is 1.79. The van der Waals surface area contributed by atoms with Crippen molar-refractivity contribution in [2.75, 3.05) is 13.2 Å². The molecule has 0 unspecified atom stereocenters. The van der Waals surface area contributed by atoms with E-state index in [2.05, 4.69) is 0 Å². The van der Waals surface area contributed by atoms with Crippen LogP contribution in [0.25, 0.3) is 0 Å². The lowest BCUT2D eigenvalue weighted by atomic mass is 9.54. The number of unbranched alkanes of at least 4 members (excludes halogenated alkanes) is 2. The van der Waals surface area contributed by atoms with Gasteiger partial charge in [-0.15, -0.1) is 34.5 Å². The molecule has 4 aliphatic rings. The van der Waals surface area contributed by atoms with Gasteiger partial charge in [0.2, 0.25) is 17.6 Å². The number of alkyl halides is 2. The minimum Gasteiger partial charge on any atom is -0.457 e. The largest absolute Gasteiger partial charge is 0.457 e. The molecule has 2 atom stereocenters. The lowest BCUT2D eigenvalue weighted by Crippen LogP contribution is -2.57. The summed E-state index contributed by atoms with van der Waals surface area (Å²) < 4.78 is 5.09. The van der Waals surface area contributed by atoms with Crippen LogP contribution < -0.4 is 0 Å². The first kappa shape index (κ1) is 26.2. The Morgan fingerprint density at radius 1 is 0.795 bits per heavy atom. The number of amides is 2. The predicted octanol–water partition coefficient (Wildman–Crippen LogP) is 5.63. The van der Waals surface area contributed by atoms with E-state index in [1.807, 2.05) is 48.5 Å². The van der Waals surface area contributed by atoms with Gasteiger partial charge >= 0.3 is 5.97 Å². The maximum absolute atomic E-state index is 13.8. The molecule has 2 aromatic carbocycles. The Balaban J connectivity index is 1.12. The van der Waals surface area contributed by atoms with E-state index in [4.69, 9.17) is 27.9 Å². The quantitative estimate of drug-likeness (QED) is 0.108. The number of ether oxygens (including phenoxy) is 1. The molecule has 2 amide bonds. The van der Waals surface area contributed by atoms with E-state index in [0.717, 1.165) is 22.3 Å². The third kappa shape index (κ3) is 3.89. The number of esters is 1. The minimum absolute atomic E-state index is 0.158. The summed E-state index contributed by atoms with van der Waals surface area (Å²) >= 11 is 16.1. The molecule has 6 nitrogen and oxygen atoms in total. The molecule has 0 spiro atoms. The highest BCUT2D eigenvalue weighted by molar-refractivity contribution is 7.12. The van der Waals surface area contributed by atoms with Gasteiger partial charge in [-0.05, 0) is 46.5 Å². The smallest absolute Gasteiger partial charge is 0.306 e. The molecule has 2 bridgehead atoms. The fourth-order valence-corrected chi connectivity index (χ4v) is 8.14. The molecule has 7 rings (SSSR count). The molecule has 1 aliphatic heterocycles. The van der Waals surface area contributed by atoms with Crippen molar-refractivity contribution < 1.29 is 23.9 Å². The number of carbonyl (C=O) groups excluding carboxylic acids is 4. The van der Waals surface area contributed by atoms with Crippen LogP contribution in [-0.4, -0.2) is 41.6 Å². The van der Waals surface area contributed by atoms with Crippen LogP contribution in [0.2, 0.25) is 0 Å². The van der Waals surface area contributed by atoms with Gasteiger partial charge in [-0.25, -0.2) is 0 Å². The van der Waals surface area contributed by atoms with Gasteiger partial charge in [-0.3, -0.25) is 24.1 Å². The van der Waals surface area contributed by atoms with Crippen molar-refractivity contribution in [1.29, 1.82) is 0 Å². The Bertz CT molecular complexity index is 1360. The lowest BCUT2D eigenvalue weighted by Gasteiger charge is -2.54. The SMILES string of the molecule is O=C(CCCCCN1C(=O)[C@@H]2[C@@H](C1=O)C1(Cl)c3ccccc3C2(Cl)c2ccccc21)OCC(=O)c1cccs1. The summed E-state index contributed by atoms with van der Waals surface area (Å²) in [6.45, 7) is -0.0484. The number of nitrogens with zero attached hydrogens (tertiary/aromatic N) is 1. The summed E-state index contributed by atoms with van der Waals surface area (Å²) in [7, 11) is 0. The topological polar surface area (TPSA) is 80.8 Å². The second-order valence-electron chi connectivity index (χ2n) is 10.2. The van der Waals surface area contributed by atoms with Gasteiger partial charge in [0.05, 0.1) is 16.7 Å². The molecule has 1 fully saturated rings. The number of ketones is 1. The number of likely N-dealkylation sites (tertiary alicyclic amines) is 1. The van der Waals surface area contributed by atoms with Gasteiger partial charge in [0.1, 0.15) is 9.75 Å². The normalized spacial score (nSPS) is 26.3. The van der Waals surface area contributed by atoms with Crippen LogP contribution in [0.4, 0.5) is 0 Å². The van der Waals surface area contributed by atoms with Crippen molar-refractivity contribution >= 4 is 58.1 Å². The van der Waals surface area contributed by atoms with Gasteiger partial charge in [0, 0.05) is 13.0 Å². The van der Waals surface area contributed by atoms with Gasteiger partial charge < -0.3 is 4.74 Å². The molecular formula is C30H25Cl2NO5S. The van der Waals surface area contributed by atoms with Crippen LogP contribution in [0.5, 0.6) is 0 Å². The average molecular weight is 583 g/mol. The number of hydrogen-bond acceptors (Lipinski definition) is 6. The van der Waals surface area contributed by atoms with Crippen molar-refractivity contribution in [1.82, 2.24) is 4.90 Å². The van der Waals surface area contributed by atoms with Crippen molar-refractivity contribution in [3.63, 3.8) is 0 Å². The Labute approximate surface area is 239 Å². The number of carbonyl (C=O) groups is 4. The van der Waals surface area contributed by atoms with Crippen molar-refractivity contribution in [2.24, 2.45) is 11.8 Å². The van der Waals surface area contributed by atoms with Crippen LogP contribution >= 0.6 is 34.5 Å². The summed E-state index contributed by atoms with van der Waals surface area (Å²) in [5.74, 6) is -2.88. The van der Waals surface area contributed by atoms with Crippen molar-refractivity contribution in [3.8, 4) is 0 Å². The zero-order valence-corrected chi connectivity index (χ0v) is 23.2. The van der Waals surface area contributed by atoms with Crippen molar-refractivity contribution in [3.05, 3.63) is 93.2 Å². The van der Waals surface area contributed by atoms with Crippen LogP contribution in [-0.2, 0) is 28.9 Å². The van der Waals surface area contributed by atoms with Gasteiger partial charge in [-0.2, -0.15) is 0 Å². The highest BCUT2D eigenvalue weighted by Crippen LogP contribution is 2.69. The van der Waals surface area contributed by atoms with Crippen LogP contribution in [0.1, 0.15) is 57.6 Å². The Hall–Kier alpha value is -3.00. The van der Waals surface area contributed by atoms with Gasteiger partial charge in [0.25, 0.3) is 0 Å². The maximum Gasteiger partial charge on any atom is 0.306 e. The number of imide groups is 1. The number of benzene rings is 2. The molecule has 0 N–H and O–H groups in total. The molecule has 39 heavy (non-hydrogen) atoms. The average Bonchev–Trinajstić information content (AvgIpc) is 3.58. The molecule has 9 heteroatoms. The number of Topliss-reactive ketones (excluding diaryl/α,β-unsaturated/α-hetero) is 1. The molecule has 1 saturated heterocycles. The van der Waals surface area contributed by atoms with E-state index < -0.39 is 27.6 Å².